The van der Waals surface area contributed by atoms with Gasteiger partial charge < -0.3 is 5.32 Å². The second-order valence-corrected chi connectivity index (χ2v) is 7.34. The molecule has 2 N–H and O–H groups in total. The van der Waals surface area contributed by atoms with Crippen LogP contribution in [0.4, 0.5) is 5.69 Å². The lowest BCUT2D eigenvalue weighted by molar-refractivity contribution is 0.579. The van der Waals surface area contributed by atoms with E-state index in [4.69, 9.17) is 0 Å². The highest BCUT2D eigenvalue weighted by atomic mass is 32.2. The molecule has 1 aromatic rings. The molecule has 2 rings (SSSR count). The van der Waals surface area contributed by atoms with Crippen LogP contribution in [0.2, 0.25) is 0 Å². The van der Waals surface area contributed by atoms with Gasteiger partial charge in [-0.3, -0.25) is 4.98 Å². The molecule has 0 spiro atoms. The summed E-state index contributed by atoms with van der Waals surface area (Å²) in [5.74, 6) is 0. The van der Waals surface area contributed by atoms with E-state index in [-0.39, 0.29) is 9.64 Å². The standard InChI is InChI=1S/C11H17N3O2S2/c1-12-9-3-6-13-7-10(9)18(15,16)14-8-11(17-2)4-5-11/h3,6-7,14H,4-5,8H2,1-2H3,(H,12,13). The van der Waals surface area contributed by atoms with Gasteiger partial charge in [0.05, 0.1) is 5.69 Å². The first-order valence-electron chi connectivity index (χ1n) is 5.70. The Morgan fingerprint density at radius 1 is 1.50 bits per heavy atom. The van der Waals surface area contributed by atoms with E-state index in [2.05, 4.69) is 15.0 Å². The average Bonchev–Trinajstić information content (AvgIpc) is 3.17. The number of aromatic nitrogens is 1. The SMILES string of the molecule is CNc1ccncc1S(=O)(=O)NCC1(SC)CC1. The van der Waals surface area contributed by atoms with Crippen molar-refractivity contribution in [3.63, 3.8) is 0 Å². The van der Waals surface area contributed by atoms with Gasteiger partial charge in [0.25, 0.3) is 0 Å². The molecule has 100 valence electrons. The van der Waals surface area contributed by atoms with Gasteiger partial charge >= 0.3 is 0 Å². The van der Waals surface area contributed by atoms with Crippen LogP contribution in [-0.2, 0) is 10.0 Å². The first kappa shape index (κ1) is 13.6. The largest absolute Gasteiger partial charge is 0.387 e. The number of thioether (sulfide) groups is 1. The second-order valence-electron chi connectivity index (χ2n) is 4.33. The van der Waals surface area contributed by atoms with Crippen LogP contribution in [0.25, 0.3) is 0 Å². The van der Waals surface area contributed by atoms with Crippen molar-refractivity contribution in [3.05, 3.63) is 18.5 Å². The quantitative estimate of drug-likeness (QED) is 0.825. The van der Waals surface area contributed by atoms with Gasteiger partial charge in [-0.25, -0.2) is 13.1 Å². The lowest BCUT2D eigenvalue weighted by atomic mass is 10.4. The number of nitrogens with one attached hydrogen (secondary N) is 2. The zero-order chi connectivity index (χ0) is 13.2. The van der Waals surface area contributed by atoms with Crippen molar-refractivity contribution in [3.8, 4) is 0 Å². The Labute approximate surface area is 112 Å². The van der Waals surface area contributed by atoms with Crippen LogP contribution in [0.1, 0.15) is 12.8 Å². The Morgan fingerprint density at radius 2 is 2.22 bits per heavy atom. The van der Waals surface area contributed by atoms with Gasteiger partial charge in [0.2, 0.25) is 10.0 Å². The summed E-state index contributed by atoms with van der Waals surface area (Å²) in [6, 6.07) is 1.65. The molecule has 1 heterocycles. The van der Waals surface area contributed by atoms with Crippen molar-refractivity contribution >= 4 is 27.5 Å². The van der Waals surface area contributed by atoms with Gasteiger partial charge in [-0.1, -0.05) is 0 Å². The first-order valence-corrected chi connectivity index (χ1v) is 8.40. The summed E-state index contributed by atoms with van der Waals surface area (Å²) < 4.78 is 27.2. The van der Waals surface area contributed by atoms with E-state index in [0.717, 1.165) is 12.8 Å². The number of anilines is 1. The summed E-state index contributed by atoms with van der Waals surface area (Å²) in [6.45, 7) is 0.481. The zero-order valence-electron chi connectivity index (χ0n) is 10.4. The number of hydrogen-bond acceptors (Lipinski definition) is 5. The minimum Gasteiger partial charge on any atom is -0.387 e. The molecule has 0 aromatic carbocycles. The van der Waals surface area contributed by atoms with Crippen molar-refractivity contribution in [2.75, 3.05) is 25.2 Å². The average molecular weight is 287 g/mol. The summed E-state index contributed by atoms with van der Waals surface area (Å²) >= 11 is 1.73. The molecule has 5 nitrogen and oxygen atoms in total. The highest BCUT2D eigenvalue weighted by Crippen LogP contribution is 2.46. The topological polar surface area (TPSA) is 71.1 Å². The van der Waals surface area contributed by atoms with Gasteiger partial charge in [-0.15, -0.1) is 0 Å². The number of sulfonamides is 1. The van der Waals surface area contributed by atoms with E-state index in [0.29, 0.717) is 12.2 Å². The summed E-state index contributed by atoms with van der Waals surface area (Å²) in [5.41, 5.74) is 0.562. The number of pyridine rings is 1. The maximum atomic E-state index is 12.2. The molecule has 0 saturated heterocycles. The fourth-order valence-electron chi connectivity index (χ4n) is 1.70. The Kier molecular flexibility index (Phi) is 3.84. The predicted molar refractivity (Wildman–Crippen MR) is 74.5 cm³/mol. The van der Waals surface area contributed by atoms with Crippen LogP contribution in [0.5, 0.6) is 0 Å². The van der Waals surface area contributed by atoms with Crippen molar-refractivity contribution in [1.29, 1.82) is 0 Å². The second kappa shape index (κ2) is 5.07. The molecule has 0 unspecified atom stereocenters. The van der Waals surface area contributed by atoms with Crippen LogP contribution >= 0.6 is 11.8 Å². The van der Waals surface area contributed by atoms with Crippen molar-refractivity contribution in [2.24, 2.45) is 0 Å². The fraction of sp³-hybridized carbons (Fsp3) is 0.545. The first-order chi connectivity index (χ1) is 8.53. The summed E-state index contributed by atoms with van der Waals surface area (Å²) in [5, 5.41) is 2.86. The molecule has 0 aliphatic heterocycles. The third-order valence-corrected chi connectivity index (χ3v) is 6.02. The van der Waals surface area contributed by atoms with Crippen LogP contribution in [0.3, 0.4) is 0 Å². The van der Waals surface area contributed by atoms with Gasteiger partial charge in [0.1, 0.15) is 4.90 Å². The molecule has 0 amide bonds. The van der Waals surface area contributed by atoms with Crippen LogP contribution in [-0.4, -0.2) is 38.0 Å². The van der Waals surface area contributed by atoms with Gasteiger partial charge in [-0.05, 0) is 25.2 Å². The van der Waals surface area contributed by atoms with Crippen LogP contribution in [0, 0.1) is 0 Å². The lowest BCUT2D eigenvalue weighted by Gasteiger charge is -2.14. The lowest BCUT2D eigenvalue weighted by Crippen LogP contribution is -2.32. The van der Waals surface area contributed by atoms with Crippen molar-refractivity contribution in [2.45, 2.75) is 22.5 Å². The molecule has 7 heteroatoms. The summed E-state index contributed by atoms with van der Waals surface area (Å²) in [6.07, 6.45) is 7.09. The third kappa shape index (κ3) is 2.78. The van der Waals surface area contributed by atoms with E-state index >= 15 is 0 Å². The number of hydrogen-bond donors (Lipinski definition) is 2. The van der Waals surface area contributed by atoms with E-state index < -0.39 is 10.0 Å². The smallest absolute Gasteiger partial charge is 0.244 e. The third-order valence-electron chi connectivity index (χ3n) is 3.17. The summed E-state index contributed by atoms with van der Waals surface area (Å²) in [4.78, 5) is 4.07. The minimum absolute atomic E-state index is 0.106. The van der Waals surface area contributed by atoms with E-state index in [9.17, 15) is 8.42 Å². The maximum Gasteiger partial charge on any atom is 0.244 e. The molecule has 1 saturated carbocycles. The van der Waals surface area contributed by atoms with Gasteiger partial charge in [-0.2, -0.15) is 11.8 Å². The Bertz CT molecular complexity index is 527. The van der Waals surface area contributed by atoms with Gasteiger partial charge in [0.15, 0.2) is 0 Å². The normalized spacial score (nSPS) is 17.4. The predicted octanol–water partition coefficient (Wildman–Crippen LogP) is 1.30. The Balaban J connectivity index is 2.15. The number of rotatable bonds is 6. The summed E-state index contributed by atoms with van der Waals surface area (Å²) in [7, 11) is -1.80. The zero-order valence-corrected chi connectivity index (χ0v) is 12.1. The van der Waals surface area contributed by atoms with E-state index in [1.807, 2.05) is 6.26 Å². The molecule has 0 atom stereocenters. The maximum absolute atomic E-state index is 12.2. The highest BCUT2D eigenvalue weighted by Gasteiger charge is 2.42. The molecular formula is C11H17N3O2S2. The van der Waals surface area contributed by atoms with Gasteiger partial charge in [0, 0.05) is 30.7 Å². The molecule has 1 aliphatic carbocycles. The molecule has 0 bridgehead atoms. The minimum atomic E-state index is -3.49. The van der Waals surface area contributed by atoms with Crippen LogP contribution < -0.4 is 10.0 Å². The van der Waals surface area contributed by atoms with Crippen LogP contribution in [0.15, 0.2) is 23.4 Å². The molecule has 18 heavy (non-hydrogen) atoms. The number of nitrogens with zero attached hydrogens (tertiary/aromatic N) is 1. The Hall–Kier alpha value is -0.790. The van der Waals surface area contributed by atoms with Crippen molar-refractivity contribution < 1.29 is 8.42 Å². The molecular weight excluding hydrogens is 270 g/mol. The van der Waals surface area contributed by atoms with E-state index in [1.54, 1.807) is 31.1 Å². The molecule has 1 fully saturated rings. The van der Waals surface area contributed by atoms with Crippen molar-refractivity contribution in [1.82, 2.24) is 9.71 Å². The molecule has 0 radical (unpaired) electrons. The monoisotopic (exact) mass is 287 g/mol. The fourth-order valence-corrected chi connectivity index (χ4v) is 3.80. The highest BCUT2D eigenvalue weighted by molar-refractivity contribution is 8.00. The molecule has 1 aromatic heterocycles. The van der Waals surface area contributed by atoms with E-state index in [1.165, 1.54) is 6.20 Å². The Morgan fingerprint density at radius 3 is 2.78 bits per heavy atom. The molecule has 1 aliphatic rings.